The maximum Gasteiger partial charge on any atom is 0.253 e. The smallest absolute Gasteiger partial charge is 0.246 e. The molecule has 0 aromatic heterocycles. The third-order valence-electron chi connectivity index (χ3n) is 1.67. The van der Waals surface area contributed by atoms with E-state index in [2.05, 4.69) is 16.9 Å². The molecule has 1 rings (SSSR count). The molecule has 3 heteroatoms. The Morgan fingerprint density at radius 1 is 1.17 bits per heavy atom. The van der Waals surface area contributed by atoms with Crippen LogP contribution in [-0.2, 0) is 0 Å². The van der Waals surface area contributed by atoms with E-state index in [9.17, 15) is 0 Å². The van der Waals surface area contributed by atoms with Gasteiger partial charge < -0.3 is 0 Å². The van der Waals surface area contributed by atoms with E-state index in [1.807, 2.05) is 0 Å². The number of hydrogen-bond acceptors (Lipinski definition) is 3. The molecule has 67 valence electrons. The van der Waals surface area contributed by atoms with Crippen molar-refractivity contribution in [3.05, 3.63) is 5.50 Å². The van der Waals surface area contributed by atoms with Crippen molar-refractivity contribution >= 4 is 24.2 Å². The predicted molar refractivity (Wildman–Crippen MR) is 56.8 cm³/mol. The van der Waals surface area contributed by atoms with Gasteiger partial charge in [-0.1, -0.05) is 26.2 Å². The minimum atomic E-state index is 0.923. The second kappa shape index (κ2) is 6.23. The van der Waals surface area contributed by atoms with Gasteiger partial charge in [0.25, 0.3) is 5.50 Å². The molecule has 0 aliphatic carbocycles. The van der Waals surface area contributed by atoms with E-state index in [1.165, 1.54) is 25.7 Å². The van der Waals surface area contributed by atoms with Crippen LogP contribution in [-0.4, -0.2) is 18.2 Å². The first kappa shape index (κ1) is 9.78. The number of hydrogen-bond donors (Lipinski definition) is 0. The van der Waals surface area contributed by atoms with E-state index in [0.717, 1.165) is 11.3 Å². The van der Waals surface area contributed by atoms with E-state index >= 15 is 0 Å². The maximum absolute atomic E-state index is 4.09. The van der Waals surface area contributed by atoms with E-state index in [4.69, 9.17) is 0 Å². The summed E-state index contributed by atoms with van der Waals surface area (Å²) in [4.78, 5) is 8.17. The highest BCUT2D eigenvalue weighted by molar-refractivity contribution is 8.02. The van der Waals surface area contributed by atoms with Crippen LogP contribution in [0.1, 0.15) is 32.6 Å². The first-order valence-corrected chi connectivity index (χ1v) is 5.48. The van der Waals surface area contributed by atoms with Gasteiger partial charge in [0.05, 0.1) is 0 Å². The molecule has 0 atom stereocenters. The Morgan fingerprint density at radius 2 is 1.92 bits per heavy atom. The quantitative estimate of drug-likeness (QED) is 0.581. The molecule has 0 spiro atoms. The molecule has 0 unspecified atom stereocenters. The third kappa shape index (κ3) is 3.90. The van der Waals surface area contributed by atoms with Crippen molar-refractivity contribution in [3.8, 4) is 0 Å². The maximum atomic E-state index is 4.09. The Labute approximate surface area is 78.6 Å². The fourth-order valence-electron chi connectivity index (χ4n) is 0.994. The average molecular weight is 183 g/mol. The summed E-state index contributed by atoms with van der Waals surface area (Å²) in [6.07, 6.45) is 8.76. The van der Waals surface area contributed by atoms with Crippen LogP contribution in [0.5, 0.6) is 0 Å². The normalized spacial score (nSPS) is 16.1. The van der Waals surface area contributed by atoms with Crippen molar-refractivity contribution < 1.29 is 0 Å². The number of unbranched alkanes of at least 4 members (excludes halogenated alkanes) is 3. The standard InChI is InChI=1S/C9H15N2S/c1-2-3-4-5-8-12-9-10-6-7-11-9/h6-7H,2-5,8H2,1H3. The monoisotopic (exact) mass is 183 g/mol. The molecule has 1 heterocycles. The first-order chi connectivity index (χ1) is 5.93. The van der Waals surface area contributed by atoms with Crippen molar-refractivity contribution in [2.24, 2.45) is 9.98 Å². The highest BCUT2D eigenvalue weighted by Gasteiger charge is 2.06. The van der Waals surface area contributed by atoms with Crippen LogP contribution in [0.2, 0.25) is 0 Å². The Morgan fingerprint density at radius 3 is 2.58 bits per heavy atom. The molecular weight excluding hydrogens is 168 g/mol. The molecule has 1 aliphatic rings. The Bertz CT molecular complexity index is 154. The minimum Gasteiger partial charge on any atom is -0.246 e. The lowest BCUT2D eigenvalue weighted by atomic mass is 10.2. The summed E-state index contributed by atoms with van der Waals surface area (Å²) in [5.74, 6) is 1.16. The zero-order valence-electron chi connectivity index (χ0n) is 7.49. The number of nitrogens with zero attached hydrogens (tertiary/aromatic N) is 2. The van der Waals surface area contributed by atoms with Crippen molar-refractivity contribution in [1.82, 2.24) is 0 Å². The molecule has 0 N–H and O–H groups in total. The van der Waals surface area contributed by atoms with Crippen LogP contribution < -0.4 is 0 Å². The molecule has 0 amide bonds. The number of aliphatic imine (C=N–C) groups is 2. The van der Waals surface area contributed by atoms with Crippen molar-refractivity contribution in [1.29, 1.82) is 0 Å². The second-order valence-electron chi connectivity index (χ2n) is 2.75. The lowest BCUT2D eigenvalue weighted by molar-refractivity contribution is 0.706. The molecule has 0 aromatic carbocycles. The van der Waals surface area contributed by atoms with Crippen molar-refractivity contribution in [3.63, 3.8) is 0 Å². The Hall–Kier alpha value is -0.310. The van der Waals surface area contributed by atoms with Crippen molar-refractivity contribution in [2.75, 3.05) is 5.75 Å². The minimum absolute atomic E-state index is 0.923. The molecule has 2 nitrogen and oxygen atoms in total. The van der Waals surface area contributed by atoms with Crippen LogP contribution in [0.25, 0.3) is 0 Å². The molecule has 0 bridgehead atoms. The number of thioether (sulfide) groups is 1. The van der Waals surface area contributed by atoms with E-state index in [0.29, 0.717) is 0 Å². The molecule has 12 heavy (non-hydrogen) atoms. The molecule has 0 fully saturated rings. The zero-order valence-corrected chi connectivity index (χ0v) is 8.31. The second-order valence-corrected chi connectivity index (χ2v) is 3.81. The molecule has 0 saturated carbocycles. The lowest BCUT2D eigenvalue weighted by Gasteiger charge is -2.01. The highest BCUT2D eigenvalue weighted by atomic mass is 32.2. The van der Waals surface area contributed by atoms with Crippen LogP contribution >= 0.6 is 11.8 Å². The van der Waals surface area contributed by atoms with Crippen LogP contribution in [0.15, 0.2) is 9.98 Å². The molecular formula is C9H15N2S. The van der Waals surface area contributed by atoms with E-state index in [1.54, 1.807) is 24.2 Å². The molecule has 0 aromatic rings. The Kier molecular flexibility index (Phi) is 5.08. The summed E-state index contributed by atoms with van der Waals surface area (Å²) in [6, 6.07) is 0. The summed E-state index contributed by atoms with van der Waals surface area (Å²) < 4.78 is 0. The fourth-order valence-corrected chi connectivity index (χ4v) is 1.80. The van der Waals surface area contributed by atoms with Gasteiger partial charge in [-0.05, 0) is 12.2 Å². The SMILES string of the molecule is CCCCCCS[C]1N=CC=N1. The van der Waals surface area contributed by atoms with Gasteiger partial charge >= 0.3 is 0 Å². The lowest BCUT2D eigenvalue weighted by Crippen LogP contribution is -1.84. The molecule has 1 radical (unpaired) electrons. The van der Waals surface area contributed by atoms with Gasteiger partial charge in [0.15, 0.2) is 0 Å². The highest BCUT2D eigenvalue weighted by Crippen LogP contribution is 2.24. The topological polar surface area (TPSA) is 24.7 Å². The van der Waals surface area contributed by atoms with Crippen LogP contribution in [0.3, 0.4) is 0 Å². The van der Waals surface area contributed by atoms with Gasteiger partial charge in [0.2, 0.25) is 0 Å². The summed E-state index contributed by atoms with van der Waals surface area (Å²) in [7, 11) is 0. The fraction of sp³-hybridized carbons (Fsp3) is 0.667. The van der Waals surface area contributed by atoms with Crippen molar-refractivity contribution in [2.45, 2.75) is 32.6 Å². The predicted octanol–water partition coefficient (Wildman–Crippen LogP) is 2.90. The largest absolute Gasteiger partial charge is 0.253 e. The third-order valence-corrected chi connectivity index (χ3v) is 2.63. The average Bonchev–Trinajstić information content (AvgIpc) is 2.57. The Balaban J connectivity index is 1.89. The van der Waals surface area contributed by atoms with Crippen LogP contribution in [0, 0.1) is 5.50 Å². The zero-order chi connectivity index (χ0) is 8.65. The van der Waals surface area contributed by atoms with Gasteiger partial charge in [-0.25, -0.2) is 9.98 Å². The molecule has 0 saturated heterocycles. The van der Waals surface area contributed by atoms with Gasteiger partial charge in [0, 0.05) is 12.4 Å². The first-order valence-electron chi connectivity index (χ1n) is 4.50. The van der Waals surface area contributed by atoms with Gasteiger partial charge in [-0.2, -0.15) is 0 Å². The summed E-state index contributed by atoms with van der Waals surface area (Å²) in [5, 5.41) is 0. The summed E-state index contributed by atoms with van der Waals surface area (Å²) in [5.41, 5.74) is 0.923. The van der Waals surface area contributed by atoms with Gasteiger partial charge in [0.1, 0.15) is 0 Å². The van der Waals surface area contributed by atoms with E-state index < -0.39 is 0 Å². The van der Waals surface area contributed by atoms with Gasteiger partial charge in [-0.15, -0.1) is 11.8 Å². The number of rotatable bonds is 6. The van der Waals surface area contributed by atoms with Gasteiger partial charge in [-0.3, -0.25) is 0 Å². The molecule has 1 aliphatic heterocycles. The van der Waals surface area contributed by atoms with E-state index in [-0.39, 0.29) is 0 Å². The van der Waals surface area contributed by atoms with Crippen LogP contribution in [0.4, 0.5) is 0 Å². The summed E-state index contributed by atoms with van der Waals surface area (Å²) in [6.45, 7) is 2.23. The summed E-state index contributed by atoms with van der Waals surface area (Å²) >= 11 is 1.76.